The van der Waals surface area contributed by atoms with Gasteiger partial charge in [-0.1, -0.05) is 19.1 Å². The van der Waals surface area contributed by atoms with E-state index in [2.05, 4.69) is 18.3 Å². The molecule has 1 fully saturated rings. The molecule has 1 saturated heterocycles. The topological polar surface area (TPSA) is 47.3 Å². The number of hydrogen-bond donors (Lipinski definition) is 2. The third-order valence-corrected chi connectivity index (χ3v) is 3.44. The first kappa shape index (κ1) is 12.4. The molecule has 1 aromatic carbocycles. The van der Waals surface area contributed by atoms with Gasteiger partial charge in [0.2, 0.25) is 0 Å². The molecule has 0 saturated carbocycles. The Kier molecular flexibility index (Phi) is 4.40. The fourth-order valence-corrected chi connectivity index (χ4v) is 2.48. The lowest BCUT2D eigenvalue weighted by molar-refractivity contribution is 0.0872. The fraction of sp³-hybridized carbons (Fsp3) is 0.571. The van der Waals surface area contributed by atoms with E-state index in [9.17, 15) is 0 Å². The highest BCUT2D eigenvalue weighted by atomic mass is 16.5. The summed E-state index contributed by atoms with van der Waals surface area (Å²) in [6.07, 6.45) is 2.75. The van der Waals surface area contributed by atoms with Gasteiger partial charge < -0.3 is 15.8 Å². The molecule has 1 aliphatic heterocycles. The molecule has 1 heterocycles. The lowest BCUT2D eigenvalue weighted by Crippen LogP contribution is -2.27. The first-order valence-corrected chi connectivity index (χ1v) is 6.46. The van der Waals surface area contributed by atoms with Crippen molar-refractivity contribution in [1.29, 1.82) is 0 Å². The summed E-state index contributed by atoms with van der Waals surface area (Å²) in [5.74, 6) is 0.668. The molecule has 17 heavy (non-hydrogen) atoms. The fourth-order valence-electron chi connectivity index (χ4n) is 2.48. The van der Waals surface area contributed by atoms with Crippen LogP contribution in [0.15, 0.2) is 24.3 Å². The van der Waals surface area contributed by atoms with Crippen LogP contribution < -0.4 is 11.1 Å². The van der Waals surface area contributed by atoms with Crippen molar-refractivity contribution in [3.63, 3.8) is 0 Å². The van der Waals surface area contributed by atoms with Gasteiger partial charge in [0.05, 0.1) is 6.10 Å². The molecular weight excluding hydrogens is 212 g/mol. The zero-order valence-electron chi connectivity index (χ0n) is 10.5. The number of ether oxygens (including phenoxy) is 1. The van der Waals surface area contributed by atoms with Crippen LogP contribution in [0.2, 0.25) is 0 Å². The zero-order chi connectivity index (χ0) is 12.1. The molecule has 0 radical (unpaired) electrons. The van der Waals surface area contributed by atoms with Gasteiger partial charge in [-0.05, 0) is 36.5 Å². The van der Waals surface area contributed by atoms with Gasteiger partial charge in [-0.3, -0.25) is 0 Å². The molecule has 0 spiro atoms. The number of anilines is 1. The lowest BCUT2D eigenvalue weighted by Gasteiger charge is -2.17. The molecule has 94 valence electrons. The van der Waals surface area contributed by atoms with E-state index in [1.54, 1.807) is 0 Å². The van der Waals surface area contributed by atoms with Crippen LogP contribution in [-0.4, -0.2) is 19.3 Å². The van der Waals surface area contributed by atoms with E-state index in [0.29, 0.717) is 12.0 Å². The number of rotatable bonds is 5. The van der Waals surface area contributed by atoms with Crippen LogP contribution in [0, 0.1) is 5.92 Å². The minimum absolute atomic E-state index is 0.448. The Morgan fingerprint density at radius 2 is 2.35 bits per heavy atom. The first-order valence-electron chi connectivity index (χ1n) is 6.46. The third kappa shape index (κ3) is 3.45. The van der Waals surface area contributed by atoms with Crippen LogP contribution in [0.4, 0.5) is 5.69 Å². The second-order valence-electron chi connectivity index (χ2n) is 4.74. The number of hydrogen-bond acceptors (Lipinski definition) is 3. The van der Waals surface area contributed by atoms with E-state index < -0.39 is 0 Å². The van der Waals surface area contributed by atoms with Crippen LogP contribution in [-0.2, 0) is 11.3 Å². The molecular formula is C14H22N2O. The lowest BCUT2D eigenvalue weighted by atomic mass is 9.99. The summed E-state index contributed by atoms with van der Waals surface area (Å²) in [4.78, 5) is 0. The van der Waals surface area contributed by atoms with Crippen LogP contribution in [0.3, 0.4) is 0 Å². The van der Waals surface area contributed by atoms with Gasteiger partial charge in [0.15, 0.2) is 0 Å². The van der Waals surface area contributed by atoms with E-state index in [-0.39, 0.29) is 0 Å². The highest BCUT2D eigenvalue weighted by molar-refractivity contribution is 5.40. The van der Waals surface area contributed by atoms with Crippen LogP contribution >= 0.6 is 0 Å². The predicted molar refractivity (Wildman–Crippen MR) is 70.7 cm³/mol. The number of nitrogens with two attached hydrogens (primary N) is 1. The summed E-state index contributed by atoms with van der Waals surface area (Å²) < 4.78 is 5.68. The predicted octanol–water partition coefficient (Wildman–Crippen LogP) is 2.17. The van der Waals surface area contributed by atoms with Gasteiger partial charge in [0.1, 0.15) is 0 Å². The Morgan fingerprint density at radius 3 is 3.12 bits per heavy atom. The molecule has 3 N–H and O–H groups in total. The number of nitrogens with one attached hydrogen (secondary N) is 1. The second kappa shape index (κ2) is 6.03. The molecule has 3 heteroatoms. The van der Waals surface area contributed by atoms with Gasteiger partial charge in [-0.15, -0.1) is 0 Å². The molecule has 1 aliphatic rings. The number of nitrogen functional groups attached to an aromatic ring is 1. The molecule has 2 atom stereocenters. The molecule has 0 bridgehead atoms. The maximum absolute atomic E-state index is 5.75. The molecule has 2 rings (SSSR count). The van der Waals surface area contributed by atoms with E-state index in [1.165, 1.54) is 12.0 Å². The maximum atomic E-state index is 5.75. The number of benzene rings is 1. The van der Waals surface area contributed by atoms with Gasteiger partial charge >= 0.3 is 0 Å². The Hall–Kier alpha value is -1.06. The molecule has 0 aliphatic carbocycles. The third-order valence-electron chi connectivity index (χ3n) is 3.44. The van der Waals surface area contributed by atoms with E-state index in [1.807, 2.05) is 18.2 Å². The molecule has 0 amide bonds. The second-order valence-corrected chi connectivity index (χ2v) is 4.74. The molecule has 3 nitrogen and oxygen atoms in total. The van der Waals surface area contributed by atoms with Gasteiger partial charge in [0, 0.05) is 25.4 Å². The Morgan fingerprint density at radius 1 is 1.47 bits per heavy atom. The average molecular weight is 234 g/mol. The Bertz CT molecular complexity index is 354. The minimum atomic E-state index is 0.448. The van der Waals surface area contributed by atoms with Crippen molar-refractivity contribution in [2.45, 2.75) is 32.4 Å². The largest absolute Gasteiger partial charge is 0.399 e. The van der Waals surface area contributed by atoms with Crippen LogP contribution in [0.5, 0.6) is 0 Å². The van der Waals surface area contributed by atoms with Crippen LogP contribution in [0.25, 0.3) is 0 Å². The van der Waals surface area contributed by atoms with Crippen molar-refractivity contribution < 1.29 is 4.74 Å². The van der Waals surface area contributed by atoms with Crippen molar-refractivity contribution in [3.05, 3.63) is 29.8 Å². The quantitative estimate of drug-likeness (QED) is 0.768. The van der Waals surface area contributed by atoms with Gasteiger partial charge in [-0.25, -0.2) is 0 Å². The molecule has 0 aromatic heterocycles. The van der Waals surface area contributed by atoms with E-state index in [4.69, 9.17) is 10.5 Å². The summed E-state index contributed by atoms with van der Waals surface area (Å²) >= 11 is 0. The van der Waals surface area contributed by atoms with Gasteiger partial charge in [-0.2, -0.15) is 0 Å². The zero-order valence-corrected chi connectivity index (χ0v) is 10.5. The highest BCUT2D eigenvalue weighted by Crippen LogP contribution is 2.22. The summed E-state index contributed by atoms with van der Waals surface area (Å²) in [5.41, 5.74) is 7.83. The van der Waals surface area contributed by atoms with E-state index in [0.717, 1.165) is 31.8 Å². The average Bonchev–Trinajstić information content (AvgIpc) is 2.77. The minimum Gasteiger partial charge on any atom is -0.399 e. The summed E-state index contributed by atoms with van der Waals surface area (Å²) in [5, 5.41) is 3.50. The van der Waals surface area contributed by atoms with Gasteiger partial charge in [0.25, 0.3) is 0 Å². The van der Waals surface area contributed by atoms with Crippen molar-refractivity contribution in [2.75, 3.05) is 18.9 Å². The van der Waals surface area contributed by atoms with Crippen molar-refractivity contribution in [2.24, 2.45) is 5.92 Å². The normalized spacial score (nSPS) is 24.1. The highest BCUT2D eigenvalue weighted by Gasteiger charge is 2.25. The van der Waals surface area contributed by atoms with Crippen molar-refractivity contribution in [3.8, 4) is 0 Å². The Balaban J connectivity index is 1.76. The Labute approximate surface area is 103 Å². The smallest absolute Gasteiger partial charge is 0.0613 e. The maximum Gasteiger partial charge on any atom is 0.0613 e. The molecule has 2 unspecified atom stereocenters. The van der Waals surface area contributed by atoms with E-state index >= 15 is 0 Å². The monoisotopic (exact) mass is 234 g/mol. The first-order chi connectivity index (χ1) is 8.29. The van der Waals surface area contributed by atoms with Crippen molar-refractivity contribution in [1.82, 2.24) is 5.32 Å². The summed E-state index contributed by atoms with van der Waals surface area (Å²) in [6, 6.07) is 8.04. The van der Waals surface area contributed by atoms with Crippen LogP contribution in [0.1, 0.15) is 25.3 Å². The standard InChI is InChI=1S/C14H22N2O/c1-2-14-12(6-7-17-14)10-16-9-11-4-3-5-13(15)8-11/h3-5,8,12,14,16H,2,6-7,9-10,15H2,1H3. The summed E-state index contributed by atoms with van der Waals surface area (Å²) in [6.45, 7) is 5.04. The SMILES string of the molecule is CCC1OCCC1CNCc1cccc(N)c1. The molecule has 1 aromatic rings. The van der Waals surface area contributed by atoms with Crippen molar-refractivity contribution >= 4 is 5.69 Å². The summed E-state index contributed by atoms with van der Waals surface area (Å²) in [7, 11) is 0.